The zero-order valence-electron chi connectivity index (χ0n) is 9.11. The van der Waals surface area contributed by atoms with Gasteiger partial charge in [0.15, 0.2) is 0 Å². The average molecular weight is 179 g/mol. The van der Waals surface area contributed by atoms with Crippen molar-refractivity contribution in [1.82, 2.24) is 5.32 Å². The SMILES string of the molecule is CC#CCCNCC1(C(C)C)CC1. The van der Waals surface area contributed by atoms with Gasteiger partial charge in [-0.3, -0.25) is 0 Å². The highest BCUT2D eigenvalue weighted by Gasteiger charge is 2.44. The molecule has 1 rings (SSSR count). The summed E-state index contributed by atoms with van der Waals surface area (Å²) in [6, 6.07) is 0. The van der Waals surface area contributed by atoms with E-state index in [1.807, 2.05) is 6.92 Å². The van der Waals surface area contributed by atoms with E-state index in [4.69, 9.17) is 0 Å². The van der Waals surface area contributed by atoms with Crippen LogP contribution >= 0.6 is 0 Å². The molecule has 1 aliphatic rings. The zero-order chi connectivity index (χ0) is 9.73. The van der Waals surface area contributed by atoms with Gasteiger partial charge in [0.1, 0.15) is 0 Å². The standard InChI is InChI=1S/C12H21N/c1-4-5-6-9-13-10-12(7-8-12)11(2)3/h11,13H,6-10H2,1-3H3. The molecule has 0 heterocycles. The van der Waals surface area contributed by atoms with E-state index in [9.17, 15) is 0 Å². The van der Waals surface area contributed by atoms with Crippen molar-refractivity contribution >= 4 is 0 Å². The minimum absolute atomic E-state index is 0.639. The van der Waals surface area contributed by atoms with Crippen LogP contribution in [0.5, 0.6) is 0 Å². The molecule has 1 aliphatic carbocycles. The summed E-state index contributed by atoms with van der Waals surface area (Å²) in [7, 11) is 0. The van der Waals surface area contributed by atoms with E-state index < -0.39 is 0 Å². The molecule has 0 amide bonds. The Morgan fingerprint density at radius 1 is 1.38 bits per heavy atom. The summed E-state index contributed by atoms with van der Waals surface area (Å²) in [5, 5.41) is 3.50. The Morgan fingerprint density at radius 2 is 2.08 bits per heavy atom. The highest BCUT2D eigenvalue weighted by Crippen LogP contribution is 2.51. The van der Waals surface area contributed by atoms with Crippen LogP contribution in [0.2, 0.25) is 0 Å². The Morgan fingerprint density at radius 3 is 2.54 bits per heavy atom. The van der Waals surface area contributed by atoms with Crippen molar-refractivity contribution in [1.29, 1.82) is 0 Å². The maximum Gasteiger partial charge on any atom is 0.0214 e. The third-order valence-corrected chi connectivity index (χ3v) is 3.20. The first-order valence-electron chi connectivity index (χ1n) is 5.31. The smallest absolute Gasteiger partial charge is 0.0214 e. The molecule has 0 aromatic carbocycles. The molecule has 0 atom stereocenters. The van der Waals surface area contributed by atoms with Crippen LogP contribution in [0.3, 0.4) is 0 Å². The molecular weight excluding hydrogens is 158 g/mol. The first kappa shape index (κ1) is 10.6. The van der Waals surface area contributed by atoms with Gasteiger partial charge < -0.3 is 5.32 Å². The predicted octanol–water partition coefficient (Wildman–Crippen LogP) is 2.43. The Labute approximate surface area is 82.3 Å². The van der Waals surface area contributed by atoms with Gasteiger partial charge in [-0.05, 0) is 31.1 Å². The van der Waals surface area contributed by atoms with Crippen LogP contribution in [0, 0.1) is 23.2 Å². The summed E-state index contributed by atoms with van der Waals surface area (Å²) < 4.78 is 0. The molecule has 74 valence electrons. The zero-order valence-corrected chi connectivity index (χ0v) is 9.11. The summed E-state index contributed by atoms with van der Waals surface area (Å²) in [6.45, 7) is 8.81. The number of hydrogen-bond donors (Lipinski definition) is 1. The van der Waals surface area contributed by atoms with Gasteiger partial charge in [0.25, 0.3) is 0 Å². The lowest BCUT2D eigenvalue weighted by Gasteiger charge is -2.19. The number of rotatable bonds is 5. The highest BCUT2D eigenvalue weighted by molar-refractivity contribution is 4.98. The third kappa shape index (κ3) is 3.04. The van der Waals surface area contributed by atoms with Crippen LogP contribution in [0.1, 0.15) is 40.0 Å². The van der Waals surface area contributed by atoms with Gasteiger partial charge in [-0.25, -0.2) is 0 Å². The van der Waals surface area contributed by atoms with Crippen molar-refractivity contribution < 1.29 is 0 Å². The molecule has 0 spiro atoms. The molecule has 13 heavy (non-hydrogen) atoms. The lowest BCUT2D eigenvalue weighted by Crippen LogP contribution is -2.28. The van der Waals surface area contributed by atoms with E-state index in [2.05, 4.69) is 31.0 Å². The molecule has 0 radical (unpaired) electrons. The second-order valence-corrected chi connectivity index (χ2v) is 4.37. The molecule has 0 bridgehead atoms. The second kappa shape index (κ2) is 4.67. The highest BCUT2D eigenvalue weighted by atomic mass is 14.9. The van der Waals surface area contributed by atoms with Crippen molar-refractivity contribution in [2.45, 2.75) is 40.0 Å². The Bertz CT molecular complexity index is 203. The summed E-state index contributed by atoms with van der Waals surface area (Å²) >= 11 is 0. The molecule has 1 nitrogen and oxygen atoms in total. The van der Waals surface area contributed by atoms with Gasteiger partial charge in [-0.1, -0.05) is 13.8 Å². The monoisotopic (exact) mass is 179 g/mol. The van der Waals surface area contributed by atoms with Gasteiger partial charge in [-0.15, -0.1) is 11.8 Å². The molecule has 0 aliphatic heterocycles. The van der Waals surface area contributed by atoms with Crippen molar-refractivity contribution in [3.05, 3.63) is 0 Å². The molecule has 0 saturated heterocycles. The summed E-state index contributed by atoms with van der Waals surface area (Å²) in [4.78, 5) is 0. The van der Waals surface area contributed by atoms with E-state index >= 15 is 0 Å². The first-order chi connectivity index (χ1) is 6.21. The van der Waals surface area contributed by atoms with E-state index in [1.165, 1.54) is 19.4 Å². The molecule has 1 saturated carbocycles. The quantitative estimate of drug-likeness (QED) is 0.505. The fraction of sp³-hybridized carbons (Fsp3) is 0.833. The first-order valence-corrected chi connectivity index (χ1v) is 5.31. The van der Waals surface area contributed by atoms with Crippen LogP contribution in [0.15, 0.2) is 0 Å². The third-order valence-electron chi connectivity index (χ3n) is 3.20. The van der Waals surface area contributed by atoms with Crippen molar-refractivity contribution in [3.63, 3.8) is 0 Å². The normalized spacial score (nSPS) is 18.2. The maximum atomic E-state index is 3.50. The van der Waals surface area contributed by atoms with Crippen LogP contribution in [0.4, 0.5) is 0 Å². The Kier molecular flexibility index (Phi) is 3.81. The number of nitrogens with one attached hydrogen (secondary N) is 1. The number of hydrogen-bond acceptors (Lipinski definition) is 1. The van der Waals surface area contributed by atoms with Crippen LogP contribution in [-0.4, -0.2) is 13.1 Å². The topological polar surface area (TPSA) is 12.0 Å². The minimum Gasteiger partial charge on any atom is -0.315 e. The summed E-state index contributed by atoms with van der Waals surface area (Å²) in [5.41, 5.74) is 0.639. The fourth-order valence-electron chi connectivity index (χ4n) is 1.73. The molecule has 1 heteroatoms. The largest absolute Gasteiger partial charge is 0.315 e. The second-order valence-electron chi connectivity index (χ2n) is 4.37. The van der Waals surface area contributed by atoms with Gasteiger partial charge in [0.05, 0.1) is 0 Å². The van der Waals surface area contributed by atoms with Gasteiger partial charge in [-0.2, -0.15) is 0 Å². The van der Waals surface area contributed by atoms with Crippen LogP contribution in [-0.2, 0) is 0 Å². The van der Waals surface area contributed by atoms with Crippen LogP contribution in [0.25, 0.3) is 0 Å². The molecular formula is C12H21N. The van der Waals surface area contributed by atoms with E-state index in [0.29, 0.717) is 5.41 Å². The lowest BCUT2D eigenvalue weighted by molar-refractivity contribution is 0.340. The van der Waals surface area contributed by atoms with E-state index in [-0.39, 0.29) is 0 Å². The molecule has 0 aromatic rings. The van der Waals surface area contributed by atoms with E-state index in [1.54, 1.807) is 0 Å². The summed E-state index contributed by atoms with van der Waals surface area (Å²) in [6.07, 6.45) is 3.82. The van der Waals surface area contributed by atoms with Crippen molar-refractivity contribution in [3.8, 4) is 11.8 Å². The predicted molar refractivity (Wildman–Crippen MR) is 57.4 cm³/mol. The van der Waals surface area contributed by atoms with E-state index in [0.717, 1.165) is 18.9 Å². The molecule has 0 aromatic heterocycles. The summed E-state index contributed by atoms with van der Waals surface area (Å²) in [5.74, 6) is 6.82. The average Bonchev–Trinajstić information content (AvgIpc) is 2.85. The van der Waals surface area contributed by atoms with Gasteiger partial charge in [0, 0.05) is 19.5 Å². The minimum atomic E-state index is 0.639. The Balaban J connectivity index is 2.08. The van der Waals surface area contributed by atoms with Gasteiger partial charge >= 0.3 is 0 Å². The molecule has 1 N–H and O–H groups in total. The lowest BCUT2D eigenvalue weighted by atomic mass is 9.92. The van der Waals surface area contributed by atoms with Crippen molar-refractivity contribution in [2.24, 2.45) is 11.3 Å². The Hall–Kier alpha value is -0.480. The molecule has 0 unspecified atom stereocenters. The van der Waals surface area contributed by atoms with Crippen LogP contribution < -0.4 is 5.32 Å². The molecule has 1 fully saturated rings. The van der Waals surface area contributed by atoms with Gasteiger partial charge in [0.2, 0.25) is 0 Å². The fourth-order valence-corrected chi connectivity index (χ4v) is 1.73. The maximum absolute atomic E-state index is 3.50. The van der Waals surface area contributed by atoms with Crippen molar-refractivity contribution in [2.75, 3.05) is 13.1 Å².